The van der Waals surface area contributed by atoms with Crippen molar-refractivity contribution in [3.63, 3.8) is 0 Å². The van der Waals surface area contributed by atoms with Crippen LogP contribution in [0.1, 0.15) is 18.6 Å². The van der Waals surface area contributed by atoms with E-state index in [1.54, 1.807) is 0 Å². The summed E-state index contributed by atoms with van der Waals surface area (Å²) >= 11 is 5.89. The molecule has 2 heterocycles. The van der Waals surface area contributed by atoms with E-state index in [0.29, 0.717) is 17.5 Å². The van der Waals surface area contributed by atoms with Gasteiger partial charge in [-0.1, -0.05) is 28.9 Å². The molecule has 0 aliphatic carbocycles. The van der Waals surface area contributed by atoms with Crippen molar-refractivity contribution < 1.29 is 9.63 Å². The lowest BCUT2D eigenvalue weighted by atomic mass is 9.98. The first kappa shape index (κ1) is 14.6. The van der Waals surface area contributed by atoms with Crippen LogP contribution in [0.5, 0.6) is 0 Å². The minimum atomic E-state index is 0.302. The molecule has 1 fully saturated rings. The summed E-state index contributed by atoms with van der Waals surface area (Å²) in [6.45, 7) is 3.08. The van der Waals surface area contributed by atoms with Gasteiger partial charge in [-0.15, -0.1) is 0 Å². The molecule has 1 aromatic heterocycles. The van der Waals surface area contributed by atoms with Gasteiger partial charge in [0.2, 0.25) is 0 Å². The van der Waals surface area contributed by atoms with Gasteiger partial charge in [0, 0.05) is 23.3 Å². The fourth-order valence-electron chi connectivity index (χ4n) is 2.69. The summed E-state index contributed by atoms with van der Waals surface area (Å²) in [6.07, 6.45) is 2.10. The molecular weight excluding hydrogens is 288 g/mol. The van der Waals surface area contributed by atoms with Crippen molar-refractivity contribution in [3.8, 4) is 11.3 Å². The minimum Gasteiger partial charge on any atom is -0.396 e. The van der Waals surface area contributed by atoms with Crippen LogP contribution in [0.25, 0.3) is 11.3 Å². The Morgan fingerprint density at radius 2 is 1.95 bits per heavy atom. The first-order valence-electron chi connectivity index (χ1n) is 7.29. The summed E-state index contributed by atoms with van der Waals surface area (Å²) in [6, 6.07) is 9.57. The molecule has 5 heteroatoms. The summed E-state index contributed by atoms with van der Waals surface area (Å²) in [7, 11) is 0. The maximum atomic E-state index is 9.16. The van der Waals surface area contributed by atoms with Crippen LogP contribution in [0, 0.1) is 5.92 Å². The highest BCUT2D eigenvalue weighted by Crippen LogP contribution is 2.23. The summed E-state index contributed by atoms with van der Waals surface area (Å²) in [4.78, 5) is 2.35. The molecule has 0 spiro atoms. The first-order valence-corrected chi connectivity index (χ1v) is 7.67. The predicted molar refractivity (Wildman–Crippen MR) is 82.0 cm³/mol. The number of hydrogen-bond donors (Lipinski definition) is 1. The highest BCUT2D eigenvalue weighted by Gasteiger charge is 2.19. The van der Waals surface area contributed by atoms with E-state index in [1.165, 1.54) is 0 Å². The van der Waals surface area contributed by atoms with E-state index in [0.717, 1.165) is 49.5 Å². The first-order chi connectivity index (χ1) is 10.2. The molecule has 1 saturated heterocycles. The Labute approximate surface area is 129 Å². The Morgan fingerprint density at radius 1 is 1.24 bits per heavy atom. The van der Waals surface area contributed by atoms with Gasteiger partial charge in [-0.2, -0.15) is 0 Å². The van der Waals surface area contributed by atoms with Crippen molar-refractivity contribution in [2.45, 2.75) is 19.4 Å². The van der Waals surface area contributed by atoms with Gasteiger partial charge in [-0.25, -0.2) is 0 Å². The third kappa shape index (κ3) is 3.64. The Hall–Kier alpha value is -1.36. The standard InChI is InChI=1S/C16H19ClN2O2/c17-14-3-1-13(2-4-14)16-9-15(21-18-16)10-19-7-5-12(11-20)6-8-19/h1-4,9,12,20H,5-8,10-11H2. The number of piperidine rings is 1. The van der Waals surface area contributed by atoms with Crippen LogP contribution in [0.15, 0.2) is 34.9 Å². The Kier molecular flexibility index (Phi) is 4.58. The average Bonchev–Trinajstić information content (AvgIpc) is 2.97. The van der Waals surface area contributed by atoms with Crippen molar-refractivity contribution in [1.82, 2.24) is 10.1 Å². The Bertz CT molecular complexity index is 574. The Balaban J connectivity index is 1.62. The van der Waals surface area contributed by atoms with E-state index < -0.39 is 0 Å². The normalized spacial score (nSPS) is 17.2. The molecule has 1 aliphatic rings. The molecular formula is C16H19ClN2O2. The molecule has 3 rings (SSSR count). The summed E-state index contributed by atoms with van der Waals surface area (Å²) in [5.74, 6) is 1.34. The number of aliphatic hydroxyl groups is 1. The molecule has 0 bridgehead atoms. The highest BCUT2D eigenvalue weighted by atomic mass is 35.5. The fourth-order valence-corrected chi connectivity index (χ4v) is 2.82. The quantitative estimate of drug-likeness (QED) is 0.942. The highest BCUT2D eigenvalue weighted by molar-refractivity contribution is 6.30. The minimum absolute atomic E-state index is 0.302. The second kappa shape index (κ2) is 6.60. The molecule has 0 unspecified atom stereocenters. The molecule has 0 atom stereocenters. The van der Waals surface area contributed by atoms with Gasteiger partial charge >= 0.3 is 0 Å². The molecule has 0 amide bonds. The SMILES string of the molecule is OCC1CCN(Cc2cc(-c3ccc(Cl)cc3)no2)CC1. The van der Waals surface area contributed by atoms with Crippen LogP contribution >= 0.6 is 11.6 Å². The van der Waals surface area contributed by atoms with Crippen molar-refractivity contribution in [1.29, 1.82) is 0 Å². The number of rotatable bonds is 4. The molecule has 1 aromatic carbocycles. The van der Waals surface area contributed by atoms with Crippen LogP contribution < -0.4 is 0 Å². The van der Waals surface area contributed by atoms with Gasteiger partial charge in [0.15, 0.2) is 5.76 Å². The lowest BCUT2D eigenvalue weighted by molar-refractivity contribution is 0.120. The monoisotopic (exact) mass is 306 g/mol. The molecule has 1 N–H and O–H groups in total. The molecule has 4 nitrogen and oxygen atoms in total. The molecule has 1 aliphatic heterocycles. The van der Waals surface area contributed by atoms with Crippen molar-refractivity contribution in [2.24, 2.45) is 5.92 Å². The third-order valence-corrected chi connectivity index (χ3v) is 4.30. The van der Waals surface area contributed by atoms with Crippen LogP contribution in [0.3, 0.4) is 0 Å². The summed E-state index contributed by atoms with van der Waals surface area (Å²) in [5.41, 5.74) is 1.85. The van der Waals surface area contributed by atoms with Crippen molar-refractivity contribution in [3.05, 3.63) is 41.1 Å². The number of benzene rings is 1. The number of aliphatic hydroxyl groups excluding tert-OH is 1. The van der Waals surface area contributed by atoms with E-state index >= 15 is 0 Å². The largest absolute Gasteiger partial charge is 0.396 e. The molecule has 21 heavy (non-hydrogen) atoms. The number of likely N-dealkylation sites (tertiary alicyclic amines) is 1. The van der Waals surface area contributed by atoms with Gasteiger partial charge in [-0.05, 0) is 44.0 Å². The van der Waals surface area contributed by atoms with E-state index in [9.17, 15) is 0 Å². The third-order valence-electron chi connectivity index (χ3n) is 4.04. The Morgan fingerprint density at radius 3 is 2.62 bits per heavy atom. The smallest absolute Gasteiger partial charge is 0.151 e. The number of hydrogen-bond acceptors (Lipinski definition) is 4. The molecule has 2 aromatic rings. The zero-order valence-corrected chi connectivity index (χ0v) is 12.6. The predicted octanol–water partition coefficient (Wildman–Crippen LogP) is 3.20. The van der Waals surface area contributed by atoms with Crippen LogP contribution in [-0.4, -0.2) is 34.9 Å². The maximum Gasteiger partial charge on any atom is 0.151 e. The summed E-state index contributed by atoms with van der Waals surface area (Å²) < 4.78 is 5.43. The lowest BCUT2D eigenvalue weighted by Crippen LogP contribution is -2.34. The van der Waals surface area contributed by atoms with Gasteiger partial charge in [0.1, 0.15) is 5.69 Å². The summed E-state index contributed by atoms with van der Waals surface area (Å²) in [5, 5.41) is 14.0. The zero-order valence-electron chi connectivity index (χ0n) is 11.8. The second-order valence-corrected chi connectivity index (χ2v) is 6.02. The topological polar surface area (TPSA) is 49.5 Å². The van der Waals surface area contributed by atoms with Gasteiger partial charge < -0.3 is 9.63 Å². The van der Waals surface area contributed by atoms with E-state index in [-0.39, 0.29) is 0 Å². The van der Waals surface area contributed by atoms with Gasteiger partial charge in [0.05, 0.1) is 6.54 Å². The van der Waals surface area contributed by atoms with Crippen molar-refractivity contribution >= 4 is 11.6 Å². The van der Waals surface area contributed by atoms with Gasteiger partial charge in [0.25, 0.3) is 0 Å². The number of aromatic nitrogens is 1. The second-order valence-electron chi connectivity index (χ2n) is 5.59. The van der Waals surface area contributed by atoms with Gasteiger partial charge in [-0.3, -0.25) is 4.90 Å². The molecule has 112 valence electrons. The number of nitrogens with zero attached hydrogens (tertiary/aromatic N) is 2. The van der Waals surface area contributed by atoms with E-state index in [4.69, 9.17) is 21.2 Å². The van der Waals surface area contributed by atoms with Crippen LogP contribution in [0.2, 0.25) is 5.02 Å². The van der Waals surface area contributed by atoms with Crippen LogP contribution in [-0.2, 0) is 6.54 Å². The van der Waals surface area contributed by atoms with Crippen LogP contribution in [0.4, 0.5) is 0 Å². The molecule has 0 saturated carbocycles. The van der Waals surface area contributed by atoms with Crippen molar-refractivity contribution in [2.75, 3.05) is 19.7 Å². The lowest BCUT2D eigenvalue weighted by Gasteiger charge is -2.30. The maximum absolute atomic E-state index is 9.16. The average molecular weight is 307 g/mol. The number of halogens is 1. The zero-order chi connectivity index (χ0) is 14.7. The fraction of sp³-hybridized carbons (Fsp3) is 0.438. The van der Waals surface area contributed by atoms with E-state index in [2.05, 4.69) is 10.1 Å². The van der Waals surface area contributed by atoms with E-state index in [1.807, 2.05) is 30.3 Å². The molecule has 0 radical (unpaired) electrons.